The van der Waals surface area contributed by atoms with Crippen molar-refractivity contribution in [1.29, 1.82) is 0 Å². The highest BCUT2D eigenvalue weighted by Gasteiger charge is 2.20. The zero-order valence-electron chi connectivity index (χ0n) is 10.9. The van der Waals surface area contributed by atoms with Gasteiger partial charge in [0.1, 0.15) is 0 Å². The largest absolute Gasteiger partial charge is 0.380 e. The number of anilines is 2. The second-order valence-electron chi connectivity index (χ2n) is 4.83. The predicted octanol–water partition coefficient (Wildman–Crippen LogP) is 1.73. The second-order valence-corrected chi connectivity index (χ2v) is 4.83. The molecular weight excluding hydrogens is 226 g/mol. The first-order valence-electron chi connectivity index (χ1n) is 6.11. The summed E-state index contributed by atoms with van der Waals surface area (Å²) in [5.41, 5.74) is 4.31. The average molecular weight is 243 g/mol. The molecule has 1 atom stereocenters. The molecule has 2 aromatic rings. The van der Waals surface area contributed by atoms with E-state index in [1.54, 1.807) is 4.68 Å². The van der Waals surface area contributed by atoms with Gasteiger partial charge in [0.05, 0.1) is 29.5 Å². The van der Waals surface area contributed by atoms with Gasteiger partial charge in [0, 0.05) is 38.4 Å². The Hall–Kier alpha value is -2.04. The molecule has 94 valence electrons. The van der Waals surface area contributed by atoms with Crippen molar-refractivity contribution >= 4 is 11.4 Å². The van der Waals surface area contributed by atoms with E-state index >= 15 is 0 Å². The summed E-state index contributed by atoms with van der Waals surface area (Å²) in [6.45, 7) is 3.16. The Balaban J connectivity index is 2.05. The number of aromatic nitrogens is 3. The Labute approximate surface area is 106 Å². The summed E-state index contributed by atoms with van der Waals surface area (Å²) in [5, 5.41) is 7.59. The molecule has 0 saturated heterocycles. The van der Waals surface area contributed by atoms with Gasteiger partial charge in [0.15, 0.2) is 0 Å². The maximum absolute atomic E-state index is 4.49. The summed E-state index contributed by atoms with van der Waals surface area (Å²) < 4.78 is 1.79. The fraction of sp³-hybridized carbons (Fsp3) is 0.385. The summed E-state index contributed by atoms with van der Waals surface area (Å²) in [7, 11) is 4.04. The van der Waals surface area contributed by atoms with E-state index < -0.39 is 0 Å². The first-order chi connectivity index (χ1) is 8.65. The van der Waals surface area contributed by atoms with E-state index in [-0.39, 0.29) is 0 Å². The summed E-state index contributed by atoms with van der Waals surface area (Å²) in [4.78, 5) is 6.78. The molecule has 1 N–H and O–H groups in total. The van der Waals surface area contributed by atoms with Gasteiger partial charge in [-0.2, -0.15) is 5.10 Å². The molecule has 0 amide bonds. The van der Waals surface area contributed by atoms with Gasteiger partial charge >= 0.3 is 0 Å². The number of aryl methyl sites for hydroxylation is 1. The van der Waals surface area contributed by atoms with Crippen LogP contribution in [0, 0.1) is 0 Å². The average Bonchev–Trinajstić information content (AvgIpc) is 2.80. The van der Waals surface area contributed by atoms with E-state index in [0.29, 0.717) is 6.04 Å². The lowest BCUT2D eigenvalue weighted by atomic mass is 10.1. The van der Waals surface area contributed by atoms with Crippen LogP contribution in [0.15, 0.2) is 24.7 Å². The Morgan fingerprint density at radius 3 is 2.89 bits per heavy atom. The van der Waals surface area contributed by atoms with Crippen molar-refractivity contribution in [2.45, 2.75) is 13.0 Å². The van der Waals surface area contributed by atoms with Gasteiger partial charge in [-0.25, -0.2) is 0 Å². The third-order valence-electron chi connectivity index (χ3n) is 3.51. The van der Waals surface area contributed by atoms with Crippen LogP contribution in [0.2, 0.25) is 0 Å². The van der Waals surface area contributed by atoms with E-state index in [2.05, 4.69) is 40.3 Å². The molecule has 2 aromatic heterocycles. The minimum Gasteiger partial charge on any atom is -0.380 e. The molecule has 3 heterocycles. The number of nitrogens with one attached hydrogen (secondary N) is 1. The number of nitrogens with zero attached hydrogens (tertiary/aromatic N) is 4. The van der Waals surface area contributed by atoms with Crippen LogP contribution in [0.5, 0.6) is 0 Å². The van der Waals surface area contributed by atoms with Crippen LogP contribution in [0.4, 0.5) is 11.4 Å². The minimum atomic E-state index is 0.488. The van der Waals surface area contributed by atoms with Crippen LogP contribution in [0.25, 0.3) is 11.3 Å². The summed E-state index contributed by atoms with van der Waals surface area (Å²) in [6, 6.07) is 2.61. The molecule has 0 bridgehead atoms. The van der Waals surface area contributed by atoms with Gasteiger partial charge in [-0.15, -0.1) is 0 Å². The van der Waals surface area contributed by atoms with Crippen LogP contribution >= 0.6 is 0 Å². The fourth-order valence-corrected chi connectivity index (χ4v) is 2.22. The lowest BCUT2D eigenvalue weighted by Crippen LogP contribution is -2.39. The minimum absolute atomic E-state index is 0.488. The molecule has 1 aliphatic rings. The highest BCUT2D eigenvalue weighted by molar-refractivity contribution is 5.76. The van der Waals surface area contributed by atoms with Crippen molar-refractivity contribution in [3.05, 3.63) is 24.7 Å². The molecule has 0 aliphatic carbocycles. The quantitative estimate of drug-likeness (QED) is 0.828. The Bertz CT molecular complexity index is 575. The molecule has 0 fully saturated rings. The number of pyridine rings is 1. The van der Waals surface area contributed by atoms with Gasteiger partial charge in [-0.05, 0) is 13.0 Å². The molecule has 0 spiro atoms. The Morgan fingerprint density at radius 2 is 2.17 bits per heavy atom. The lowest BCUT2D eigenvalue weighted by molar-refractivity contribution is 0.698. The van der Waals surface area contributed by atoms with Crippen molar-refractivity contribution in [1.82, 2.24) is 14.8 Å². The molecular formula is C13H17N5. The van der Waals surface area contributed by atoms with Gasteiger partial charge in [0.2, 0.25) is 0 Å². The zero-order chi connectivity index (χ0) is 12.7. The normalized spacial score (nSPS) is 18.4. The highest BCUT2D eigenvalue weighted by Crippen LogP contribution is 2.32. The first-order valence-corrected chi connectivity index (χ1v) is 6.11. The second kappa shape index (κ2) is 4.01. The van der Waals surface area contributed by atoms with Crippen molar-refractivity contribution < 1.29 is 0 Å². The monoisotopic (exact) mass is 243 g/mol. The van der Waals surface area contributed by atoms with Crippen LogP contribution < -0.4 is 10.2 Å². The maximum atomic E-state index is 4.49. The summed E-state index contributed by atoms with van der Waals surface area (Å²) in [6.07, 6.45) is 5.73. The van der Waals surface area contributed by atoms with E-state index in [1.165, 1.54) is 5.69 Å². The van der Waals surface area contributed by atoms with Gasteiger partial charge in [0.25, 0.3) is 0 Å². The number of hydrogen-bond acceptors (Lipinski definition) is 4. The van der Waals surface area contributed by atoms with Crippen molar-refractivity contribution in [2.75, 3.05) is 23.8 Å². The molecule has 5 nitrogen and oxygen atoms in total. The van der Waals surface area contributed by atoms with E-state index in [0.717, 1.165) is 23.5 Å². The molecule has 1 aliphatic heterocycles. The van der Waals surface area contributed by atoms with E-state index in [1.807, 2.05) is 25.6 Å². The topological polar surface area (TPSA) is 46.0 Å². The molecule has 5 heteroatoms. The molecule has 3 rings (SSSR count). The number of hydrogen-bond donors (Lipinski definition) is 1. The fourth-order valence-electron chi connectivity index (χ4n) is 2.22. The van der Waals surface area contributed by atoms with Crippen molar-refractivity contribution in [3.8, 4) is 11.3 Å². The molecule has 0 saturated carbocycles. The third kappa shape index (κ3) is 1.72. The van der Waals surface area contributed by atoms with Gasteiger partial charge in [-0.1, -0.05) is 0 Å². The van der Waals surface area contributed by atoms with Crippen molar-refractivity contribution in [2.24, 2.45) is 7.05 Å². The van der Waals surface area contributed by atoms with E-state index in [4.69, 9.17) is 0 Å². The SMILES string of the molecule is CC1CNc2cnc(-c3cnn(C)c3)cc2N1C. The third-order valence-corrected chi connectivity index (χ3v) is 3.51. The first kappa shape index (κ1) is 11.1. The standard InChI is InChI=1S/C13H17N5/c1-9-5-14-12-7-15-11(4-13(12)18(9)3)10-6-16-17(2)8-10/h4,6-9,14H,5H2,1-3H3. The smallest absolute Gasteiger partial charge is 0.0765 e. The van der Waals surface area contributed by atoms with Crippen LogP contribution in [-0.2, 0) is 7.05 Å². The van der Waals surface area contributed by atoms with Crippen molar-refractivity contribution in [3.63, 3.8) is 0 Å². The Kier molecular flexibility index (Phi) is 2.47. The maximum Gasteiger partial charge on any atom is 0.0765 e. The molecule has 1 unspecified atom stereocenters. The number of fused-ring (bicyclic) bond motifs is 1. The predicted molar refractivity (Wildman–Crippen MR) is 72.8 cm³/mol. The highest BCUT2D eigenvalue weighted by atomic mass is 15.2. The van der Waals surface area contributed by atoms with Crippen LogP contribution in [0.3, 0.4) is 0 Å². The summed E-state index contributed by atoms with van der Waals surface area (Å²) >= 11 is 0. The van der Waals surface area contributed by atoms with Crippen LogP contribution in [-0.4, -0.2) is 34.4 Å². The number of likely N-dealkylation sites (N-methyl/N-ethyl adjacent to an activating group) is 1. The molecule has 0 radical (unpaired) electrons. The van der Waals surface area contributed by atoms with E-state index in [9.17, 15) is 0 Å². The summed E-state index contributed by atoms with van der Waals surface area (Å²) in [5.74, 6) is 0. The zero-order valence-corrected chi connectivity index (χ0v) is 10.9. The van der Waals surface area contributed by atoms with Crippen LogP contribution in [0.1, 0.15) is 6.92 Å². The molecule has 0 aromatic carbocycles. The molecule has 18 heavy (non-hydrogen) atoms. The number of rotatable bonds is 1. The Morgan fingerprint density at radius 1 is 1.33 bits per heavy atom. The lowest BCUT2D eigenvalue weighted by Gasteiger charge is -2.34. The van der Waals surface area contributed by atoms with Gasteiger partial charge < -0.3 is 10.2 Å². The van der Waals surface area contributed by atoms with Gasteiger partial charge in [-0.3, -0.25) is 9.67 Å².